The van der Waals surface area contributed by atoms with E-state index in [0.717, 1.165) is 37.3 Å². The highest BCUT2D eigenvalue weighted by atomic mass is 28.4. The van der Waals surface area contributed by atoms with E-state index in [9.17, 15) is 18.0 Å². The van der Waals surface area contributed by atoms with Crippen LogP contribution in [0.5, 0.6) is 0 Å². The SMILES string of the molecule is CC(C)(C)[Si](C)(C)O[C@H](C/C=C1/C(=O)C=C[C@@H]1C/C=C\CCCCO)CCc1cccc(C(F)(F)F)c1. The molecular formula is C30H43F3O3Si. The first-order valence-electron chi connectivity index (χ1n) is 13.3. The number of hydrogen-bond acceptors (Lipinski definition) is 3. The normalized spacial score (nSPS) is 18.9. The molecule has 1 aromatic rings. The quantitative estimate of drug-likeness (QED) is 0.120. The van der Waals surface area contributed by atoms with Crippen LogP contribution >= 0.6 is 0 Å². The molecule has 0 saturated carbocycles. The molecule has 0 bridgehead atoms. The first kappa shape index (κ1) is 31.3. The van der Waals surface area contributed by atoms with Gasteiger partial charge >= 0.3 is 6.18 Å². The number of aliphatic hydroxyl groups excluding tert-OH is 1. The molecule has 0 aliphatic heterocycles. The minimum atomic E-state index is -4.37. The number of unbranched alkanes of at least 4 members (excludes halogenated alkanes) is 2. The lowest BCUT2D eigenvalue weighted by molar-refractivity contribution is -0.137. The standard InChI is InChI=1S/C30H43F3O3Si/c1-29(2,3)37(4,5)36-26(17-15-23-12-11-14-25(22-23)30(31,32)33)18-19-27-24(16-20-28(27)35)13-9-7-6-8-10-21-34/h7,9,11-12,14,16,19-20,22,24,26,34H,6,8,10,13,15,17-18,21H2,1-5H3/b9-7-,27-19+/t24-,26-/m0/s1. The Morgan fingerprint density at radius 1 is 1.14 bits per heavy atom. The predicted octanol–water partition coefficient (Wildman–Crippen LogP) is 8.21. The van der Waals surface area contributed by atoms with Gasteiger partial charge in [-0.05, 0) is 80.8 Å². The second kappa shape index (κ2) is 13.7. The van der Waals surface area contributed by atoms with E-state index in [1.54, 1.807) is 12.1 Å². The molecule has 3 nitrogen and oxygen atoms in total. The Balaban J connectivity index is 2.14. The number of carbonyl (C=O) groups is 1. The van der Waals surface area contributed by atoms with Gasteiger partial charge in [0.2, 0.25) is 0 Å². The maximum Gasteiger partial charge on any atom is 0.416 e. The van der Waals surface area contributed by atoms with E-state index >= 15 is 0 Å². The van der Waals surface area contributed by atoms with Gasteiger partial charge < -0.3 is 9.53 Å². The van der Waals surface area contributed by atoms with Gasteiger partial charge in [-0.1, -0.05) is 63.3 Å². The summed E-state index contributed by atoms with van der Waals surface area (Å²) in [5, 5.41) is 8.88. The number of alkyl halides is 3. The molecule has 2 rings (SSSR count). The van der Waals surface area contributed by atoms with Gasteiger partial charge in [0.25, 0.3) is 0 Å². The summed E-state index contributed by atoms with van der Waals surface area (Å²) in [5.41, 5.74) is 0.765. The van der Waals surface area contributed by atoms with E-state index in [4.69, 9.17) is 9.53 Å². The zero-order valence-electron chi connectivity index (χ0n) is 22.9. The van der Waals surface area contributed by atoms with Gasteiger partial charge in [0.1, 0.15) is 0 Å². The average molecular weight is 537 g/mol. The second-order valence-corrected chi connectivity index (χ2v) is 16.1. The Morgan fingerprint density at radius 2 is 1.86 bits per heavy atom. The Bertz CT molecular complexity index is 971. The molecular weight excluding hydrogens is 493 g/mol. The number of hydrogen-bond donors (Lipinski definition) is 1. The van der Waals surface area contributed by atoms with E-state index in [0.29, 0.717) is 24.8 Å². The van der Waals surface area contributed by atoms with Gasteiger partial charge in [-0.3, -0.25) is 4.79 Å². The average Bonchev–Trinajstić information content (AvgIpc) is 3.16. The predicted molar refractivity (Wildman–Crippen MR) is 147 cm³/mol. The Hall–Kier alpha value is -1.96. The molecule has 0 amide bonds. The smallest absolute Gasteiger partial charge is 0.414 e. The van der Waals surface area contributed by atoms with Gasteiger partial charge in [0.15, 0.2) is 14.1 Å². The molecule has 37 heavy (non-hydrogen) atoms. The highest BCUT2D eigenvalue weighted by Crippen LogP contribution is 2.38. The Labute approximate surface area is 221 Å². The van der Waals surface area contributed by atoms with E-state index in [1.165, 1.54) is 12.1 Å². The molecule has 0 radical (unpaired) electrons. The summed E-state index contributed by atoms with van der Waals surface area (Å²) in [6.45, 7) is 11.0. The molecule has 0 unspecified atom stereocenters. The summed E-state index contributed by atoms with van der Waals surface area (Å²) < 4.78 is 46.2. The summed E-state index contributed by atoms with van der Waals surface area (Å²) in [6, 6.07) is 5.49. The fourth-order valence-corrected chi connectivity index (χ4v) is 5.49. The molecule has 0 aromatic heterocycles. The van der Waals surface area contributed by atoms with Crippen LogP contribution in [0.2, 0.25) is 18.1 Å². The van der Waals surface area contributed by atoms with E-state index in [2.05, 4.69) is 46.0 Å². The van der Waals surface area contributed by atoms with Crippen molar-refractivity contribution in [3.05, 3.63) is 71.3 Å². The van der Waals surface area contributed by atoms with Crippen molar-refractivity contribution in [2.45, 2.75) is 96.1 Å². The number of carbonyl (C=O) groups excluding carboxylic acids is 1. The molecule has 0 saturated heterocycles. The third-order valence-electron chi connectivity index (χ3n) is 7.38. The topological polar surface area (TPSA) is 46.5 Å². The molecule has 0 heterocycles. The molecule has 7 heteroatoms. The second-order valence-electron chi connectivity index (χ2n) is 11.4. The van der Waals surface area contributed by atoms with E-state index in [-0.39, 0.29) is 29.5 Å². The summed E-state index contributed by atoms with van der Waals surface area (Å²) in [6.07, 6.45) is 10.2. The van der Waals surface area contributed by atoms with Crippen molar-refractivity contribution < 1.29 is 27.5 Å². The lowest BCUT2D eigenvalue weighted by atomic mass is 9.95. The van der Waals surface area contributed by atoms with Crippen molar-refractivity contribution in [2.24, 2.45) is 5.92 Å². The number of allylic oxidation sites excluding steroid dienone is 5. The van der Waals surface area contributed by atoms with Crippen LogP contribution in [0.4, 0.5) is 13.2 Å². The Morgan fingerprint density at radius 3 is 2.51 bits per heavy atom. The first-order chi connectivity index (χ1) is 17.2. The monoisotopic (exact) mass is 536 g/mol. The van der Waals surface area contributed by atoms with Crippen LogP contribution in [-0.2, 0) is 21.8 Å². The van der Waals surface area contributed by atoms with E-state index in [1.807, 2.05) is 12.2 Å². The maximum atomic E-state index is 13.2. The van der Waals surface area contributed by atoms with Gasteiger partial charge in [0.05, 0.1) is 5.56 Å². The minimum absolute atomic E-state index is 0.0112. The third kappa shape index (κ3) is 10.0. The largest absolute Gasteiger partial charge is 0.416 e. The van der Waals surface area contributed by atoms with Gasteiger partial charge in [0, 0.05) is 24.2 Å². The van der Waals surface area contributed by atoms with Crippen molar-refractivity contribution in [3.8, 4) is 0 Å². The fourth-order valence-electron chi connectivity index (χ4n) is 4.09. The van der Waals surface area contributed by atoms with Crippen LogP contribution in [0.1, 0.15) is 70.4 Å². The zero-order valence-corrected chi connectivity index (χ0v) is 23.9. The number of rotatable bonds is 13. The number of halogens is 3. The highest BCUT2D eigenvalue weighted by molar-refractivity contribution is 6.74. The molecule has 1 N–H and O–H groups in total. The molecule has 2 atom stereocenters. The highest BCUT2D eigenvalue weighted by Gasteiger charge is 2.39. The van der Waals surface area contributed by atoms with Crippen LogP contribution < -0.4 is 0 Å². The first-order valence-corrected chi connectivity index (χ1v) is 16.2. The van der Waals surface area contributed by atoms with Crippen LogP contribution in [0, 0.1) is 5.92 Å². The molecule has 206 valence electrons. The number of ketones is 1. The van der Waals surface area contributed by atoms with Crippen LogP contribution in [0.3, 0.4) is 0 Å². The van der Waals surface area contributed by atoms with Crippen molar-refractivity contribution in [1.29, 1.82) is 0 Å². The maximum absolute atomic E-state index is 13.2. The van der Waals surface area contributed by atoms with Crippen molar-refractivity contribution in [3.63, 3.8) is 0 Å². The van der Waals surface area contributed by atoms with E-state index < -0.39 is 20.1 Å². The zero-order chi connectivity index (χ0) is 27.7. The van der Waals surface area contributed by atoms with Crippen LogP contribution in [0.25, 0.3) is 0 Å². The summed E-state index contributed by atoms with van der Waals surface area (Å²) in [5.74, 6) is 0.0428. The van der Waals surface area contributed by atoms with Gasteiger partial charge in [-0.25, -0.2) is 0 Å². The number of aliphatic hydroxyl groups is 1. The lowest BCUT2D eigenvalue weighted by Gasteiger charge is -2.39. The summed E-state index contributed by atoms with van der Waals surface area (Å²) in [7, 11) is -2.13. The van der Waals surface area contributed by atoms with Crippen molar-refractivity contribution in [1.82, 2.24) is 0 Å². The van der Waals surface area contributed by atoms with Crippen molar-refractivity contribution in [2.75, 3.05) is 6.61 Å². The van der Waals surface area contributed by atoms with Crippen LogP contribution in [-0.4, -0.2) is 31.9 Å². The molecule has 0 spiro atoms. The Kier molecular flexibility index (Phi) is 11.6. The molecule has 0 fully saturated rings. The molecule has 1 aromatic carbocycles. The molecule has 1 aliphatic carbocycles. The van der Waals surface area contributed by atoms with Gasteiger partial charge in [-0.15, -0.1) is 0 Å². The number of benzene rings is 1. The summed E-state index contributed by atoms with van der Waals surface area (Å²) in [4.78, 5) is 12.6. The lowest BCUT2D eigenvalue weighted by Crippen LogP contribution is -2.44. The van der Waals surface area contributed by atoms with Gasteiger partial charge in [-0.2, -0.15) is 13.2 Å². The van der Waals surface area contributed by atoms with Crippen LogP contribution in [0.15, 0.2) is 60.2 Å². The summed E-state index contributed by atoms with van der Waals surface area (Å²) >= 11 is 0. The van der Waals surface area contributed by atoms with Crippen molar-refractivity contribution >= 4 is 14.1 Å². The third-order valence-corrected chi connectivity index (χ3v) is 11.9. The fraction of sp³-hybridized carbons (Fsp3) is 0.567. The molecule has 1 aliphatic rings. The number of aryl methyl sites for hydroxylation is 1. The minimum Gasteiger partial charge on any atom is -0.414 e.